The second-order valence-electron chi connectivity index (χ2n) is 8.42. The van der Waals surface area contributed by atoms with E-state index in [4.69, 9.17) is 4.79 Å². The second kappa shape index (κ2) is 10.2. The number of hydrogen-bond donors (Lipinski definition) is 0. The van der Waals surface area contributed by atoms with Crippen molar-refractivity contribution in [1.29, 1.82) is 0 Å². The molecular weight excluding hydrogens is 304 g/mol. The fourth-order valence-corrected chi connectivity index (χ4v) is 2.29. The minimum Gasteiger partial charge on any atom is -0.307 e. The Morgan fingerprint density at radius 1 is 0.680 bits per heavy atom. The van der Waals surface area contributed by atoms with Crippen molar-refractivity contribution in [3.63, 3.8) is 0 Å². The fourth-order valence-electron chi connectivity index (χ4n) is 2.29. The van der Waals surface area contributed by atoms with Gasteiger partial charge in [-0.3, -0.25) is 0 Å². The topological polar surface area (TPSA) is 17.1 Å². The van der Waals surface area contributed by atoms with E-state index in [1.54, 1.807) is 0 Å². The number of hydrogen-bond acceptors (Lipinski definition) is 1. The lowest BCUT2D eigenvalue weighted by Crippen LogP contribution is -2.10. The fraction of sp³-hybridized carbons (Fsp3) is 0.458. The van der Waals surface area contributed by atoms with Gasteiger partial charge in [0.2, 0.25) is 0 Å². The smallest absolute Gasteiger partial charge is 0.106 e. The van der Waals surface area contributed by atoms with Crippen LogP contribution in [0.15, 0.2) is 48.5 Å². The summed E-state index contributed by atoms with van der Waals surface area (Å²) in [6.45, 7) is 19.7. The van der Waals surface area contributed by atoms with E-state index in [0.717, 1.165) is 6.42 Å². The van der Waals surface area contributed by atoms with Crippen LogP contribution in [-0.2, 0) is 22.0 Å². The summed E-state index contributed by atoms with van der Waals surface area (Å²) in [6.07, 6.45) is 1.13. The lowest BCUT2D eigenvalue weighted by atomic mass is 9.86. The van der Waals surface area contributed by atoms with E-state index >= 15 is 0 Å². The van der Waals surface area contributed by atoms with Gasteiger partial charge in [-0.2, -0.15) is 0 Å². The van der Waals surface area contributed by atoms with Crippen molar-refractivity contribution in [2.75, 3.05) is 0 Å². The van der Waals surface area contributed by atoms with Gasteiger partial charge in [-0.15, -0.1) is 0 Å². The highest BCUT2D eigenvalue weighted by molar-refractivity contribution is 5.27. The quantitative estimate of drug-likeness (QED) is 0.567. The Labute approximate surface area is 155 Å². The van der Waals surface area contributed by atoms with E-state index in [0.29, 0.717) is 0 Å². The number of aryl methyl sites for hydroxylation is 2. The first kappa shape index (κ1) is 23.1. The Morgan fingerprint density at radius 2 is 1.00 bits per heavy atom. The van der Waals surface area contributed by atoms with Crippen molar-refractivity contribution in [2.45, 2.75) is 72.6 Å². The highest BCUT2D eigenvalue weighted by Crippen LogP contribution is 2.22. The first-order chi connectivity index (χ1) is 11.5. The molecule has 0 atom stereocenters. The van der Waals surface area contributed by atoms with Crippen molar-refractivity contribution >= 4 is 6.79 Å². The van der Waals surface area contributed by atoms with Crippen LogP contribution in [0, 0.1) is 6.92 Å². The van der Waals surface area contributed by atoms with Gasteiger partial charge >= 0.3 is 0 Å². The van der Waals surface area contributed by atoms with Crippen molar-refractivity contribution in [3.8, 4) is 0 Å². The predicted octanol–water partition coefficient (Wildman–Crippen LogP) is 6.65. The average Bonchev–Trinajstić information content (AvgIpc) is 2.56. The van der Waals surface area contributed by atoms with Crippen molar-refractivity contribution < 1.29 is 4.79 Å². The SMILES string of the molecule is C=O.CCc1ccc(C(C)(C)C)cc1.Cc1ccc(C(C)(C)C)cc1. The number of carbonyl (C=O) groups excluding carboxylic acids is 1. The number of carbonyl (C=O) groups is 1. The van der Waals surface area contributed by atoms with Gasteiger partial charge in [0.15, 0.2) is 0 Å². The molecule has 0 amide bonds. The van der Waals surface area contributed by atoms with Gasteiger partial charge in [0.05, 0.1) is 0 Å². The van der Waals surface area contributed by atoms with E-state index < -0.39 is 0 Å². The molecule has 0 aliphatic carbocycles. The molecule has 0 radical (unpaired) electrons. The van der Waals surface area contributed by atoms with Crippen LogP contribution in [0.2, 0.25) is 0 Å². The Hall–Kier alpha value is -1.89. The summed E-state index contributed by atoms with van der Waals surface area (Å²) >= 11 is 0. The lowest BCUT2D eigenvalue weighted by Gasteiger charge is -2.18. The van der Waals surface area contributed by atoms with E-state index in [-0.39, 0.29) is 10.8 Å². The zero-order chi connectivity index (χ0) is 19.7. The largest absolute Gasteiger partial charge is 0.307 e. The summed E-state index contributed by atoms with van der Waals surface area (Å²) in [5.74, 6) is 0. The molecule has 0 spiro atoms. The van der Waals surface area contributed by atoms with Gasteiger partial charge in [-0.05, 0) is 40.9 Å². The number of rotatable bonds is 1. The molecule has 0 fully saturated rings. The van der Waals surface area contributed by atoms with Crippen LogP contribution >= 0.6 is 0 Å². The first-order valence-electron chi connectivity index (χ1n) is 8.99. The van der Waals surface area contributed by atoms with Crippen LogP contribution in [0.5, 0.6) is 0 Å². The van der Waals surface area contributed by atoms with Crippen LogP contribution in [0.3, 0.4) is 0 Å². The van der Waals surface area contributed by atoms with Crippen LogP contribution in [0.1, 0.15) is 70.7 Å². The Balaban J connectivity index is 0.000000421. The normalized spacial score (nSPS) is 10.9. The van der Waals surface area contributed by atoms with Gasteiger partial charge in [0.25, 0.3) is 0 Å². The molecule has 0 unspecified atom stereocenters. The molecule has 1 nitrogen and oxygen atoms in total. The van der Waals surface area contributed by atoms with Crippen LogP contribution in [-0.4, -0.2) is 6.79 Å². The Morgan fingerprint density at radius 3 is 1.28 bits per heavy atom. The summed E-state index contributed by atoms with van der Waals surface area (Å²) in [7, 11) is 0. The molecule has 0 aliphatic heterocycles. The molecule has 0 saturated heterocycles. The molecule has 0 saturated carbocycles. The van der Waals surface area contributed by atoms with Gasteiger partial charge in [0.1, 0.15) is 6.79 Å². The molecule has 138 valence electrons. The molecule has 0 bridgehead atoms. The monoisotopic (exact) mass is 340 g/mol. The third-order valence-electron chi connectivity index (χ3n) is 4.15. The molecular formula is C24H36O. The molecule has 1 heteroatoms. The lowest BCUT2D eigenvalue weighted by molar-refractivity contribution is -0.0979. The maximum absolute atomic E-state index is 8.00. The van der Waals surface area contributed by atoms with E-state index in [1.807, 2.05) is 6.79 Å². The van der Waals surface area contributed by atoms with Crippen LogP contribution in [0.25, 0.3) is 0 Å². The molecule has 0 heterocycles. The zero-order valence-electron chi connectivity index (χ0n) is 17.4. The van der Waals surface area contributed by atoms with Crippen LogP contribution < -0.4 is 0 Å². The van der Waals surface area contributed by atoms with Gasteiger partial charge in [-0.1, -0.05) is 103 Å². The Bertz CT molecular complexity index is 593. The molecule has 0 aromatic heterocycles. The zero-order valence-corrected chi connectivity index (χ0v) is 17.4. The summed E-state index contributed by atoms with van der Waals surface area (Å²) in [6, 6.07) is 17.7. The predicted molar refractivity (Wildman–Crippen MR) is 112 cm³/mol. The summed E-state index contributed by atoms with van der Waals surface area (Å²) < 4.78 is 0. The van der Waals surface area contributed by atoms with Gasteiger partial charge in [-0.25, -0.2) is 0 Å². The first-order valence-corrected chi connectivity index (χ1v) is 8.99. The maximum Gasteiger partial charge on any atom is 0.106 e. The third-order valence-corrected chi connectivity index (χ3v) is 4.15. The van der Waals surface area contributed by atoms with Gasteiger partial charge < -0.3 is 4.79 Å². The maximum atomic E-state index is 8.00. The molecule has 2 aromatic rings. The summed E-state index contributed by atoms with van der Waals surface area (Å²) in [5, 5.41) is 0. The highest BCUT2D eigenvalue weighted by atomic mass is 16.1. The minimum absolute atomic E-state index is 0.284. The third kappa shape index (κ3) is 8.67. The van der Waals surface area contributed by atoms with Crippen molar-refractivity contribution in [1.82, 2.24) is 0 Å². The average molecular weight is 341 g/mol. The molecule has 0 N–H and O–H groups in total. The summed E-state index contributed by atoms with van der Waals surface area (Å²) in [5.41, 5.74) is 6.14. The Kier molecular flexibility index (Phi) is 9.41. The highest BCUT2D eigenvalue weighted by Gasteiger charge is 2.12. The van der Waals surface area contributed by atoms with Crippen LogP contribution in [0.4, 0.5) is 0 Å². The van der Waals surface area contributed by atoms with E-state index in [2.05, 4.69) is 104 Å². The minimum atomic E-state index is 0.284. The van der Waals surface area contributed by atoms with E-state index in [1.165, 1.54) is 22.3 Å². The van der Waals surface area contributed by atoms with Crippen molar-refractivity contribution in [3.05, 3.63) is 70.8 Å². The molecule has 2 rings (SSSR count). The molecule has 25 heavy (non-hydrogen) atoms. The van der Waals surface area contributed by atoms with Crippen molar-refractivity contribution in [2.24, 2.45) is 0 Å². The summed E-state index contributed by atoms with van der Waals surface area (Å²) in [4.78, 5) is 8.00. The standard InChI is InChI=1S/C12H18.C11H16.CH2O/c1-5-10-6-8-11(9-7-10)12(2,3)4;1-9-5-7-10(8-6-9)11(2,3)4;1-2/h6-9H,5H2,1-4H3;5-8H,1-4H3;1H2. The van der Waals surface area contributed by atoms with Gasteiger partial charge in [0, 0.05) is 0 Å². The molecule has 2 aromatic carbocycles. The molecule has 0 aliphatic rings. The second-order valence-corrected chi connectivity index (χ2v) is 8.42. The number of benzene rings is 2. The van der Waals surface area contributed by atoms with E-state index in [9.17, 15) is 0 Å².